The molecule has 3 aromatic rings. The van der Waals surface area contributed by atoms with Crippen LogP contribution in [0, 0.1) is 6.92 Å². The highest BCUT2D eigenvalue weighted by Gasteiger charge is 2.22. The van der Waals surface area contributed by atoms with Crippen LogP contribution in [0.25, 0.3) is 0 Å². The number of amides is 1. The van der Waals surface area contributed by atoms with Gasteiger partial charge in [0.2, 0.25) is 5.88 Å². The normalized spacial score (nSPS) is 14.6. The minimum atomic E-state index is -0.261. The molecule has 10 heteroatoms. The molecule has 214 valence electrons. The molecule has 1 aliphatic rings. The molecule has 0 radical (unpaired) electrons. The third-order valence-corrected chi connectivity index (χ3v) is 7.39. The van der Waals surface area contributed by atoms with Crippen molar-refractivity contribution in [3.05, 3.63) is 65.1 Å². The summed E-state index contributed by atoms with van der Waals surface area (Å²) in [7, 11) is 3.75. The van der Waals surface area contributed by atoms with Gasteiger partial charge in [-0.2, -0.15) is 0 Å². The van der Waals surface area contributed by atoms with Gasteiger partial charge in [0.1, 0.15) is 12.1 Å². The Morgan fingerprint density at radius 2 is 1.77 bits per heavy atom. The lowest BCUT2D eigenvalue weighted by molar-refractivity contribution is 0.102. The zero-order valence-corrected chi connectivity index (χ0v) is 25.3. The van der Waals surface area contributed by atoms with Gasteiger partial charge in [0.15, 0.2) is 5.75 Å². The van der Waals surface area contributed by atoms with E-state index < -0.39 is 0 Å². The lowest BCUT2D eigenvalue weighted by Crippen LogP contribution is -2.44. The first-order chi connectivity index (χ1) is 19.1. The van der Waals surface area contributed by atoms with E-state index in [9.17, 15) is 4.79 Å². The Bertz CT molecular complexity index is 1340. The van der Waals surface area contributed by atoms with E-state index in [0.717, 1.165) is 55.2 Å². The van der Waals surface area contributed by atoms with Gasteiger partial charge in [-0.25, -0.2) is 9.97 Å². The molecule has 1 aliphatic heterocycles. The second-order valence-corrected chi connectivity index (χ2v) is 11.7. The van der Waals surface area contributed by atoms with Gasteiger partial charge in [0.25, 0.3) is 5.91 Å². The fraction of sp³-hybridized carbons (Fsp3) is 0.433. The molecule has 1 amide bonds. The SMILES string of the molecule is COc1c(NSC)cc(C(C)(C)C)cc1NC(=O)c1ccc(C)c(Oc2cc(CN3CCN(C)CC3)ncn2)c1. The first kappa shape index (κ1) is 29.6. The number of aromatic nitrogens is 2. The molecule has 40 heavy (non-hydrogen) atoms. The monoisotopic (exact) mass is 564 g/mol. The maximum atomic E-state index is 13.4. The molecule has 4 rings (SSSR count). The topological polar surface area (TPSA) is 91.9 Å². The number of nitrogens with zero attached hydrogens (tertiary/aromatic N) is 4. The number of benzene rings is 2. The van der Waals surface area contributed by atoms with Crippen molar-refractivity contribution in [3.8, 4) is 17.4 Å². The Kier molecular flexibility index (Phi) is 9.55. The summed E-state index contributed by atoms with van der Waals surface area (Å²) in [6, 6.07) is 11.3. The molecule has 2 heterocycles. The molecule has 0 unspecified atom stereocenters. The van der Waals surface area contributed by atoms with Crippen LogP contribution < -0.4 is 19.5 Å². The summed E-state index contributed by atoms with van der Waals surface area (Å²) in [6.07, 6.45) is 3.48. The Labute approximate surface area is 241 Å². The number of piperazine rings is 1. The van der Waals surface area contributed by atoms with E-state index in [1.54, 1.807) is 19.2 Å². The van der Waals surface area contributed by atoms with Gasteiger partial charge in [0, 0.05) is 50.6 Å². The molecular weight excluding hydrogens is 524 g/mol. The number of likely N-dealkylation sites (N-methyl/N-ethyl adjacent to an activating group) is 1. The molecule has 2 aromatic carbocycles. The molecule has 0 spiro atoms. The first-order valence-electron chi connectivity index (χ1n) is 13.4. The van der Waals surface area contributed by atoms with Crippen LogP contribution in [0.4, 0.5) is 11.4 Å². The average Bonchev–Trinajstić information content (AvgIpc) is 2.91. The first-order valence-corrected chi connectivity index (χ1v) is 14.6. The molecular formula is C30H40N6O3S. The molecule has 1 saturated heterocycles. The number of nitrogens with one attached hydrogen (secondary N) is 2. The second kappa shape index (κ2) is 12.9. The molecule has 2 N–H and O–H groups in total. The van der Waals surface area contributed by atoms with Crippen LogP contribution >= 0.6 is 11.9 Å². The van der Waals surface area contributed by atoms with E-state index in [2.05, 4.69) is 63.7 Å². The van der Waals surface area contributed by atoms with Crippen LogP contribution in [-0.4, -0.2) is 72.3 Å². The van der Waals surface area contributed by atoms with Crippen molar-refractivity contribution in [2.45, 2.75) is 39.7 Å². The van der Waals surface area contributed by atoms with E-state index in [0.29, 0.717) is 28.6 Å². The van der Waals surface area contributed by atoms with Crippen LogP contribution in [0.5, 0.6) is 17.4 Å². The molecule has 0 bridgehead atoms. The number of carbonyl (C=O) groups is 1. The second-order valence-electron chi connectivity index (χ2n) is 11.1. The summed E-state index contributed by atoms with van der Waals surface area (Å²) in [5.41, 5.74) is 4.63. The number of methoxy groups -OCH3 is 1. The summed E-state index contributed by atoms with van der Waals surface area (Å²) in [5, 5.41) is 3.05. The largest absolute Gasteiger partial charge is 0.492 e. The minimum Gasteiger partial charge on any atom is -0.492 e. The predicted molar refractivity (Wildman–Crippen MR) is 163 cm³/mol. The maximum absolute atomic E-state index is 13.4. The lowest BCUT2D eigenvalue weighted by Gasteiger charge is -2.32. The number of ether oxygens (including phenoxy) is 2. The molecule has 1 aromatic heterocycles. The smallest absolute Gasteiger partial charge is 0.255 e. The highest BCUT2D eigenvalue weighted by atomic mass is 32.2. The molecule has 0 atom stereocenters. The Balaban J connectivity index is 1.54. The molecule has 0 aliphatic carbocycles. The molecule has 0 saturated carbocycles. The molecule has 9 nitrogen and oxygen atoms in total. The van der Waals surface area contributed by atoms with Gasteiger partial charge in [0.05, 0.1) is 24.2 Å². The number of hydrogen-bond acceptors (Lipinski definition) is 9. The van der Waals surface area contributed by atoms with Crippen molar-refractivity contribution in [1.82, 2.24) is 19.8 Å². The minimum absolute atomic E-state index is 0.119. The van der Waals surface area contributed by atoms with Crippen molar-refractivity contribution in [3.63, 3.8) is 0 Å². The zero-order chi connectivity index (χ0) is 28.9. The summed E-state index contributed by atoms with van der Waals surface area (Å²) in [4.78, 5) is 26.9. The number of rotatable bonds is 9. The highest BCUT2D eigenvalue weighted by molar-refractivity contribution is 7.99. The van der Waals surface area contributed by atoms with E-state index >= 15 is 0 Å². The van der Waals surface area contributed by atoms with Crippen molar-refractivity contribution in [2.75, 3.05) is 56.6 Å². The van der Waals surface area contributed by atoms with Crippen molar-refractivity contribution in [1.29, 1.82) is 0 Å². The molecule has 1 fully saturated rings. The van der Waals surface area contributed by atoms with Crippen LogP contribution in [0.3, 0.4) is 0 Å². The van der Waals surface area contributed by atoms with Gasteiger partial charge < -0.3 is 24.4 Å². The average molecular weight is 565 g/mol. The Hall–Kier alpha value is -3.34. The highest BCUT2D eigenvalue weighted by Crippen LogP contribution is 2.40. The van der Waals surface area contributed by atoms with Gasteiger partial charge in [-0.15, -0.1) is 0 Å². The number of hydrogen-bond donors (Lipinski definition) is 2. The fourth-order valence-electron chi connectivity index (χ4n) is 4.47. The van der Waals surface area contributed by atoms with Crippen molar-refractivity contribution < 1.29 is 14.3 Å². The summed E-state index contributed by atoms with van der Waals surface area (Å²) in [6.45, 7) is 13.2. The number of carbonyl (C=O) groups excluding carboxylic acids is 1. The quantitative estimate of drug-likeness (QED) is 0.324. The summed E-state index contributed by atoms with van der Waals surface area (Å²) < 4.78 is 15.1. The van der Waals surface area contributed by atoms with Crippen molar-refractivity contribution in [2.24, 2.45) is 0 Å². The van der Waals surface area contributed by atoms with Gasteiger partial charge >= 0.3 is 0 Å². The zero-order valence-electron chi connectivity index (χ0n) is 24.5. The van der Waals surface area contributed by atoms with E-state index in [-0.39, 0.29) is 11.3 Å². The summed E-state index contributed by atoms with van der Waals surface area (Å²) in [5.74, 6) is 1.33. The van der Waals surface area contributed by atoms with E-state index in [1.807, 2.05) is 31.4 Å². The van der Waals surface area contributed by atoms with E-state index in [1.165, 1.54) is 18.3 Å². The third-order valence-electron chi connectivity index (χ3n) is 6.96. The Morgan fingerprint density at radius 1 is 1.05 bits per heavy atom. The third kappa shape index (κ3) is 7.44. The van der Waals surface area contributed by atoms with Gasteiger partial charge in [-0.05, 0) is 54.8 Å². The number of aryl methyl sites for hydroxylation is 1. The van der Waals surface area contributed by atoms with Gasteiger partial charge in [-0.1, -0.05) is 38.8 Å². The predicted octanol–water partition coefficient (Wildman–Crippen LogP) is 5.57. The maximum Gasteiger partial charge on any atom is 0.255 e. The summed E-state index contributed by atoms with van der Waals surface area (Å²) >= 11 is 1.47. The van der Waals surface area contributed by atoms with Crippen LogP contribution in [0.15, 0.2) is 42.7 Å². The standard InChI is InChI=1S/C30H40N6O3S/c1-20-8-9-21(29(37)33-24-15-22(30(2,3)4)16-25(34-40-7)28(24)38-6)14-26(20)39-27-17-23(31-19-32-27)18-36-12-10-35(5)11-13-36/h8-9,14-17,19,34H,10-13,18H2,1-7H3,(H,33,37). The Morgan fingerprint density at radius 3 is 2.45 bits per heavy atom. The fourth-order valence-corrected chi connectivity index (χ4v) is 4.84. The van der Waals surface area contributed by atoms with Gasteiger partial charge in [-0.3, -0.25) is 9.69 Å². The van der Waals surface area contributed by atoms with Crippen LogP contribution in [-0.2, 0) is 12.0 Å². The van der Waals surface area contributed by atoms with E-state index in [4.69, 9.17) is 9.47 Å². The lowest BCUT2D eigenvalue weighted by atomic mass is 9.86. The number of anilines is 2. The van der Waals surface area contributed by atoms with Crippen molar-refractivity contribution >= 4 is 29.2 Å². The van der Waals surface area contributed by atoms with Crippen LogP contribution in [0.2, 0.25) is 0 Å². The van der Waals surface area contributed by atoms with Crippen LogP contribution in [0.1, 0.15) is 48.0 Å².